The Bertz CT molecular complexity index is 1300. The molecule has 0 atom stereocenters. The highest BCUT2D eigenvalue weighted by atomic mass is 35.5. The van der Waals surface area contributed by atoms with Gasteiger partial charge in [-0.1, -0.05) is 59.6 Å². The Morgan fingerprint density at radius 3 is 2.48 bits per heavy atom. The summed E-state index contributed by atoms with van der Waals surface area (Å²) < 4.78 is 5.03. The van der Waals surface area contributed by atoms with E-state index >= 15 is 0 Å². The number of nitrogens with zero attached hydrogens (tertiary/aromatic N) is 1. The van der Waals surface area contributed by atoms with Gasteiger partial charge in [-0.25, -0.2) is 9.78 Å². The third-order valence-corrected chi connectivity index (χ3v) is 6.15. The first-order chi connectivity index (χ1) is 15.0. The number of hydrogen-bond donors (Lipinski definition) is 1. The SMILES string of the molecule is O=Cc1ccccc1-c1ccc(-c2nc(-c3ccc(Cl)c(Cl)c3)cs2)cc1OC(=O)O. The highest BCUT2D eigenvalue weighted by Crippen LogP contribution is 2.38. The number of aldehydes is 1. The molecule has 1 heterocycles. The smallest absolute Gasteiger partial charge is 0.449 e. The van der Waals surface area contributed by atoms with E-state index < -0.39 is 6.16 Å². The predicted octanol–water partition coefficient (Wildman–Crippen LogP) is 7.32. The molecule has 8 heteroatoms. The second-order valence-corrected chi connectivity index (χ2v) is 8.12. The van der Waals surface area contributed by atoms with Gasteiger partial charge in [-0.05, 0) is 29.8 Å². The minimum atomic E-state index is -1.45. The third kappa shape index (κ3) is 4.46. The first-order valence-corrected chi connectivity index (χ1v) is 10.6. The Hall–Kier alpha value is -3.19. The lowest BCUT2D eigenvalue weighted by Gasteiger charge is -2.11. The number of rotatable bonds is 5. The average Bonchev–Trinajstić information content (AvgIpc) is 3.25. The third-order valence-electron chi connectivity index (χ3n) is 4.52. The molecule has 0 bridgehead atoms. The van der Waals surface area contributed by atoms with Gasteiger partial charge in [0.15, 0.2) is 6.29 Å². The first-order valence-electron chi connectivity index (χ1n) is 8.97. The highest BCUT2D eigenvalue weighted by Gasteiger charge is 2.16. The molecule has 0 amide bonds. The molecule has 0 spiro atoms. The number of carbonyl (C=O) groups excluding carboxylic acids is 1. The molecule has 31 heavy (non-hydrogen) atoms. The Kier molecular flexibility index (Phi) is 6.04. The topological polar surface area (TPSA) is 76.5 Å². The van der Waals surface area contributed by atoms with E-state index in [9.17, 15) is 14.7 Å². The van der Waals surface area contributed by atoms with Crippen molar-refractivity contribution in [3.63, 3.8) is 0 Å². The number of carbonyl (C=O) groups is 2. The zero-order valence-corrected chi connectivity index (χ0v) is 18.0. The monoisotopic (exact) mass is 469 g/mol. The summed E-state index contributed by atoms with van der Waals surface area (Å²) in [7, 11) is 0. The van der Waals surface area contributed by atoms with E-state index in [2.05, 4.69) is 4.98 Å². The van der Waals surface area contributed by atoms with E-state index in [1.807, 2.05) is 17.5 Å². The number of aromatic nitrogens is 1. The Labute approximate surface area is 191 Å². The van der Waals surface area contributed by atoms with Gasteiger partial charge >= 0.3 is 6.16 Å². The molecule has 0 aliphatic rings. The summed E-state index contributed by atoms with van der Waals surface area (Å²) in [4.78, 5) is 27.3. The number of ether oxygens (including phenoxy) is 1. The number of thiazole rings is 1. The van der Waals surface area contributed by atoms with Gasteiger partial charge in [-0.2, -0.15) is 0 Å². The van der Waals surface area contributed by atoms with Crippen LogP contribution in [0.2, 0.25) is 10.0 Å². The van der Waals surface area contributed by atoms with E-state index in [1.54, 1.807) is 48.5 Å². The fraction of sp³-hybridized carbons (Fsp3) is 0. The lowest BCUT2D eigenvalue weighted by molar-refractivity contribution is 0.112. The molecular formula is C23H13Cl2NO4S. The summed E-state index contributed by atoms with van der Waals surface area (Å²) in [6.07, 6.45) is -0.726. The summed E-state index contributed by atoms with van der Waals surface area (Å²) >= 11 is 13.5. The van der Waals surface area contributed by atoms with Crippen LogP contribution in [-0.2, 0) is 0 Å². The summed E-state index contributed by atoms with van der Waals surface area (Å²) in [6, 6.07) is 17.3. The molecule has 154 valence electrons. The van der Waals surface area contributed by atoms with Crippen LogP contribution < -0.4 is 4.74 Å². The zero-order valence-electron chi connectivity index (χ0n) is 15.7. The van der Waals surface area contributed by atoms with Crippen molar-refractivity contribution in [3.05, 3.63) is 81.7 Å². The maximum Gasteiger partial charge on any atom is 0.511 e. The van der Waals surface area contributed by atoms with Crippen molar-refractivity contribution in [2.75, 3.05) is 0 Å². The molecular weight excluding hydrogens is 457 g/mol. The van der Waals surface area contributed by atoms with Gasteiger partial charge in [0.1, 0.15) is 10.8 Å². The van der Waals surface area contributed by atoms with Crippen molar-refractivity contribution >= 4 is 47.0 Å². The second kappa shape index (κ2) is 8.89. The molecule has 1 N–H and O–H groups in total. The Morgan fingerprint density at radius 1 is 0.968 bits per heavy atom. The van der Waals surface area contributed by atoms with Crippen LogP contribution in [0.5, 0.6) is 5.75 Å². The van der Waals surface area contributed by atoms with E-state index in [0.29, 0.717) is 37.3 Å². The average molecular weight is 470 g/mol. The minimum absolute atomic E-state index is 0.116. The van der Waals surface area contributed by atoms with Gasteiger partial charge in [0.25, 0.3) is 0 Å². The van der Waals surface area contributed by atoms with E-state index in [-0.39, 0.29) is 5.75 Å². The molecule has 0 radical (unpaired) electrons. The van der Waals surface area contributed by atoms with Crippen molar-refractivity contribution in [3.8, 4) is 38.7 Å². The quantitative estimate of drug-likeness (QED) is 0.188. The van der Waals surface area contributed by atoms with Crippen molar-refractivity contribution in [2.45, 2.75) is 0 Å². The van der Waals surface area contributed by atoms with E-state index in [4.69, 9.17) is 27.9 Å². The molecule has 0 saturated carbocycles. The van der Waals surface area contributed by atoms with Gasteiger partial charge in [0.05, 0.1) is 15.7 Å². The van der Waals surface area contributed by atoms with Gasteiger partial charge in [-0.3, -0.25) is 4.79 Å². The minimum Gasteiger partial charge on any atom is -0.449 e. The molecule has 0 aliphatic heterocycles. The van der Waals surface area contributed by atoms with Crippen LogP contribution in [0.1, 0.15) is 10.4 Å². The molecule has 1 aromatic heterocycles. The van der Waals surface area contributed by atoms with E-state index in [0.717, 1.165) is 17.5 Å². The van der Waals surface area contributed by atoms with Gasteiger partial charge in [0.2, 0.25) is 0 Å². The number of hydrogen-bond acceptors (Lipinski definition) is 5. The number of carboxylic acid groups (broad SMARTS) is 1. The number of benzene rings is 3. The molecule has 0 fully saturated rings. The van der Waals surface area contributed by atoms with Crippen molar-refractivity contribution in [1.82, 2.24) is 4.98 Å². The van der Waals surface area contributed by atoms with Crippen LogP contribution in [0.3, 0.4) is 0 Å². The lowest BCUT2D eigenvalue weighted by atomic mass is 9.98. The van der Waals surface area contributed by atoms with Gasteiger partial charge in [0, 0.05) is 27.6 Å². The maximum atomic E-state index is 11.4. The molecule has 3 aromatic carbocycles. The molecule has 0 unspecified atom stereocenters. The Morgan fingerprint density at radius 2 is 1.74 bits per heavy atom. The van der Waals surface area contributed by atoms with Crippen molar-refractivity contribution < 1.29 is 19.4 Å². The summed E-state index contributed by atoms with van der Waals surface area (Å²) in [6.45, 7) is 0. The van der Waals surface area contributed by atoms with E-state index in [1.165, 1.54) is 11.3 Å². The highest BCUT2D eigenvalue weighted by molar-refractivity contribution is 7.13. The summed E-state index contributed by atoms with van der Waals surface area (Å²) in [5.74, 6) is 0.116. The molecule has 0 aliphatic carbocycles. The fourth-order valence-electron chi connectivity index (χ4n) is 3.10. The second-order valence-electron chi connectivity index (χ2n) is 6.45. The van der Waals surface area contributed by atoms with Crippen LogP contribution in [0.15, 0.2) is 66.0 Å². The van der Waals surface area contributed by atoms with Crippen LogP contribution >= 0.6 is 34.5 Å². The number of halogens is 2. The van der Waals surface area contributed by atoms with Crippen LogP contribution in [0, 0.1) is 0 Å². The van der Waals surface area contributed by atoms with Gasteiger partial charge in [-0.15, -0.1) is 11.3 Å². The van der Waals surface area contributed by atoms with Crippen LogP contribution in [0.4, 0.5) is 4.79 Å². The molecule has 4 aromatic rings. The predicted molar refractivity (Wildman–Crippen MR) is 122 cm³/mol. The standard InChI is InChI=1S/C23H13Cl2NO4S/c24-18-8-6-13(9-19(18)25)20-12-31-22(26-20)14-5-7-17(21(10-14)30-23(28)29)16-4-2-1-3-15(16)11-27/h1-12H,(H,28,29). The summed E-state index contributed by atoms with van der Waals surface area (Å²) in [5.41, 5.74) is 3.72. The van der Waals surface area contributed by atoms with Crippen molar-refractivity contribution in [1.29, 1.82) is 0 Å². The first kappa shape index (κ1) is 21.1. The largest absolute Gasteiger partial charge is 0.511 e. The van der Waals surface area contributed by atoms with Crippen LogP contribution in [-0.4, -0.2) is 22.5 Å². The maximum absolute atomic E-state index is 11.4. The summed E-state index contributed by atoms with van der Waals surface area (Å²) in [5, 5.41) is 12.6. The van der Waals surface area contributed by atoms with Gasteiger partial charge < -0.3 is 9.84 Å². The fourth-order valence-corrected chi connectivity index (χ4v) is 4.22. The zero-order chi connectivity index (χ0) is 22.0. The molecule has 5 nitrogen and oxygen atoms in total. The lowest BCUT2D eigenvalue weighted by Crippen LogP contribution is -2.04. The molecule has 0 saturated heterocycles. The molecule has 4 rings (SSSR count). The van der Waals surface area contributed by atoms with Crippen molar-refractivity contribution in [2.24, 2.45) is 0 Å². The Balaban J connectivity index is 1.76. The van der Waals surface area contributed by atoms with Crippen LogP contribution in [0.25, 0.3) is 33.0 Å². The normalized spacial score (nSPS) is 10.6.